The lowest BCUT2D eigenvalue weighted by Crippen LogP contribution is -2.09. The lowest BCUT2D eigenvalue weighted by molar-refractivity contribution is 0.414. The summed E-state index contributed by atoms with van der Waals surface area (Å²) < 4.78 is 7.39. The molecule has 0 bridgehead atoms. The fraction of sp³-hybridized carbons (Fsp3) is 0.400. The van der Waals surface area contributed by atoms with E-state index in [1.54, 1.807) is 7.11 Å². The zero-order valence-corrected chi connectivity index (χ0v) is 11.8. The highest BCUT2D eigenvalue weighted by molar-refractivity contribution is 5.53. The Hall–Kier alpha value is -1.97. The molecule has 1 N–H and O–H groups in total. The van der Waals surface area contributed by atoms with Crippen LogP contribution in [0.15, 0.2) is 30.6 Å². The first kappa shape index (κ1) is 13.5. The second-order valence-corrected chi connectivity index (χ2v) is 4.57. The highest BCUT2D eigenvalue weighted by atomic mass is 16.5. The van der Waals surface area contributed by atoms with Crippen molar-refractivity contribution >= 4 is 5.69 Å². The molecule has 0 radical (unpaired) electrons. The lowest BCUT2D eigenvalue weighted by Gasteiger charge is -2.12. The van der Waals surface area contributed by atoms with Crippen molar-refractivity contribution in [1.29, 1.82) is 0 Å². The molecule has 102 valence electrons. The second-order valence-electron chi connectivity index (χ2n) is 4.57. The summed E-state index contributed by atoms with van der Waals surface area (Å²) in [4.78, 5) is 4.39. The van der Waals surface area contributed by atoms with Gasteiger partial charge in [-0.15, -0.1) is 0 Å². The van der Waals surface area contributed by atoms with Gasteiger partial charge in [-0.3, -0.25) is 0 Å². The van der Waals surface area contributed by atoms with E-state index in [1.807, 2.05) is 30.6 Å². The zero-order chi connectivity index (χ0) is 13.7. The Labute approximate surface area is 114 Å². The van der Waals surface area contributed by atoms with Gasteiger partial charge in [0.15, 0.2) is 0 Å². The van der Waals surface area contributed by atoms with Gasteiger partial charge in [0.1, 0.15) is 11.6 Å². The van der Waals surface area contributed by atoms with Crippen LogP contribution in [0.25, 0.3) is 0 Å². The smallest absolute Gasteiger partial charge is 0.128 e. The Bertz CT molecular complexity index is 534. The summed E-state index contributed by atoms with van der Waals surface area (Å²) in [7, 11) is 1.68. The third-order valence-electron chi connectivity index (χ3n) is 3.14. The maximum atomic E-state index is 5.21. The molecule has 4 heteroatoms. The second kappa shape index (κ2) is 6.27. The molecular formula is C15H21N3O. The number of benzene rings is 1. The molecule has 2 aromatic rings. The largest absolute Gasteiger partial charge is 0.497 e. The van der Waals surface area contributed by atoms with Crippen LogP contribution in [0.5, 0.6) is 5.75 Å². The summed E-state index contributed by atoms with van der Waals surface area (Å²) in [6, 6.07) is 6.04. The Kier molecular flexibility index (Phi) is 4.44. The summed E-state index contributed by atoms with van der Waals surface area (Å²) >= 11 is 0. The average Bonchev–Trinajstić information content (AvgIpc) is 2.85. The SMILES string of the molecule is CCCn1ccnc1CNc1ccc(OC)cc1C. The van der Waals surface area contributed by atoms with Gasteiger partial charge in [-0.1, -0.05) is 6.92 Å². The van der Waals surface area contributed by atoms with Gasteiger partial charge in [-0.25, -0.2) is 4.98 Å². The van der Waals surface area contributed by atoms with Gasteiger partial charge in [0.25, 0.3) is 0 Å². The molecule has 0 atom stereocenters. The van der Waals surface area contributed by atoms with Crippen LogP contribution in [0.2, 0.25) is 0 Å². The Morgan fingerprint density at radius 3 is 2.89 bits per heavy atom. The monoisotopic (exact) mass is 259 g/mol. The number of aryl methyl sites for hydroxylation is 2. The van der Waals surface area contributed by atoms with Gasteiger partial charge >= 0.3 is 0 Å². The molecule has 0 aliphatic heterocycles. The minimum Gasteiger partial charge on any atom is -0.497 e. The number of aromatic nitrogens is 2. The summed E-state index contributed by atoms with van der Waals surface area (Å²) in [6.07, 6.45) is 5.00. The van der Waals surface area contributed by atoms with Crippen molar-refractivity contribution in [3.05, 3.63) is 42.0 Å². The highest BCUT2D eigenvalue weighted by Crippen LogP contribution is 2.21. The van der Waals surface area contributed by atoms with Crippen LogP contribution in [0, 0.1) is 6.92 Å². The van der Waals surface area contributed by atoms with Crippen molar-refractivity contribution < 1.29 is 4.74 Å². The van der Waals surface area contributed by atoms with E-state index in [0.717, 1.165) is 36.8 Å². The zero-order valence-electron chi connectivity index (χ0n) is 11.8. The van der Waals surface area contributed by atoms with Crippen molar-refractivity contribution in [2.24, 2.45) is 0 Å². The molecule has 1 heterocycles. The van der Waals surface area contributed by atoms with Crippen molar-refractivity contribution in [1.82, 2.24) is 9.55 Å². The summed E-state index contributed by atoms with van der Waals surface area (Å²) in [5.41, 5.74) is 2.29. The number of rotatable bonds is 6. The molecule has 0 aliphatic rings. The molecule has 0 aliphatic carbocycles. The molecule has 0 spiro atoms. The summed E-state index contributed by atoms with van der Waals surface area (Å²) in [6.45, 7) is 5.99. The van der Waals surface area contributed by atoms with Crippen LogP contribution >= 0.6 is 0 Å². The first-order valence-electron chi connectivity index (χ1n) is 6.63. The molecule has 4 nitrogen and oxygen atoms in total. The van der Waals surface area contributed by atoms with Crippen LogP contribution in [-0.4, -0.2) is 16.7 Å². The van der Waals surface area contributed by atoms with Crippen LogP contribution in [0.1, 0.15) is 24.7 Å². The van der Waals surface area contributed by atoms with Crippen LogP contribution in [-0.2, 0) is 13.1 Å². The first-order valence-corrected chi connectivity index (χ1v) is 6.63. The summed E-state index contributed by atoms with van der Waals surface area (Å²) in [5, 5.41) is 3.43. The predicted molar refractivity (Wildman–Crippen MR) is 77.6 cm³/mol. The number of hydrogen-bond acceptors (Lipinski definition) is 3. The van der Waals surface area contributed by atoms with Crippen LogP contribution in [0.3, 0.4) is 0 Å². The minimum atomic E-state index is 0.736. The third-order valence-corrected chi connectivity index (χ3v) is 3.14. The van der Waals surface area contributed by atoms with Gasteiger partial charge < -0.3 is 14.6 Å². The van der Waals surface area contributed by atoms with Crippen molar-refractivity contribution in [3.63, 3.8) is 0 Å². The molecule has 1 aromatic heterocycles. The number of nitrogens with zero attached hydrogens (tertiary/aromatic N) is 2. The van der Waals surface area contributed by atoms with E-state index in [4.69, 9.17) is 4.74 Å². The molecule has 1 aromatic carbocycles. The minimum absolute atomic E-state index is 0.736. The first-order chi connectivity index (χ1) is 9.24. The third kappa shape index (κ3) is 3.28. The molecule has 0 fully saturated rings. The molecule has 0 amide bonds. The van der Waals surface area contributed by atoms with Crippen LogP contribution < -0.4 is 10.1 Å². The number of nitrogens with one attached hydrogen (secondary N) is 1. The van der Waals surface area contributed by atoms with Crippen molar-refractivity contribution in [2.75, 3.05) is 12.4 Å². The maximum Gasteiger partial charge on any atom is 0.128 e. The topological polar surface area (TPSA) is 39.1 Å². The standard InChI is InChI=1S/C15H21N3O/c1-4-8-18-9-7-16-15(18)11-17-14-6-5-13(19-3)10-12(14)2/h5-7,9-10,17H,4,8,11H2,1-3H3. The van der Waals surface area contributed by atoms with E-state index in [-0.39, 0.29) is 0 Å². The molecular weight excluding hydrogens is 238 g/mol. The van der Waals surface area contributed by atoms with Gasteiger partial charge in [0.05, 0.1) is 13.7 Å². The van der Waals surface area contributed by atoms with E-state index in [0.29, 0.717) is 0 Å². The van der Waals surface area contributed by atoms with Crippen LogP contribution in [0.4, 0.5) is 5.69 Å². The normalized spacial score (nSPS) is 10.5. The highest BCUT2D eigenvalue weighted by Gasteiger charge is 2.04. The van der Waals surface area contributed by atoms with Gasteiger partial charge in [-0.2, -0.15) is 0 Å². The van der Waals surface area contributed by atoms with E-state index in [1.165, 1.54) is 5.56 Å². The Balaban J connectivity index is 2.04. The fourth-order valence-electron chi connectivity index (χ4n) is 2.09. The van der Waals surface area contributed by atoms with E-state index in [9.17, 15) is 0 Å². The number of hydrogen-bond donors (Lipinski definition) is 1. The van der Waals surface area contributed by atoms with E-state index in [2.05, 4.69) is 28.7 Å². The molecule has 2 rings (SSSR count). The Morgan fingerprint density at radius 1 is 1.37 bits per heavy atom. The van der Waals surface area contributed by atoms with Crippen molar-refractivity contribution in [3.8, 4) is 5.75 Å². The number of imidazole rings is 1. The fourth-order valence-corrected chi connectivity index (χ4v) is 2.09. The van der Waals surface area contributed by atoms with Gasteiger partial charge in [-0.05, 0) is 37.1 Å². The van der Waals surface area contributed by atoms with Gasteiger partial charge in [0.2, 0.25) is 0 Å². The van der Waals surface area contributed by atoms with E-state index >= 15 is 0 Å². The Morgan fingerprint density at radius 2 is 2.21 bits per heavy atom. The average molecular weight is 259 g/mol. The number of ether oxygens (including phenoxy) is 1. The van der Waals surface area contributed by atoms with Crippen molar-refractivity contribution in [2.45, 2.75) is 33.4 Å². The van der Waals surface area contributed by atoms with Gasteiger partial charge in [0, 0.05) is 24.6 Å². The molecule has 19 heavy (non-hydrogen) atoms. The predicted octanol–water partition coefficient (Wildman–Crippen LogP) is 3.22. The molecule has 0 saturated carbocycles. The number of anilines is 1. The lowest BCUT2D eigenvalue weighted by atomic mass is 10.2. The van der Waals surface area contributed by atoms with E-state index < -0.39 is 0 Å². The maximum absolute atomic E-state index is 5.21. The quantitative estimate of drug-likeness (QED) is 0.865. The number of methoxy groups -OCH3 is 1. The molecule has 0 unspecified atom stereocenters. The molecule has 0 saturated heterocycles. The summed E-state index contributed by atoms with van der Waals surface area (Å²) in [5.74, 6) is 1.95.